The monoisotopic (exact) mass is 300 g/mol. The minimum atomic E-state index is -3.62. The molecule has 0 aliphatic carbocycles. The molecule has 106 valence electrons. The van der Waals surface area contributed by atoms with Gasteiger partial charge < -0.3 is 5.53 Å². The predicted octanol–water partition coefficient (Wildman–Crippen LogP) is 2.31. The third kappa shape index (κ3) is 2.97. The molecule has 2 aromatic carbocycles. The van der Waals surface area contributed by atoms with Crippen LogP contribution in [-0.2, 0) is 9.84 Å². The SMILES string of the molecule is Cc1ccccc1S(=O)(=O)c1ccc(C(=O)C=[N+]=[N-])cc1. The second-order valence-corrected chi connectivity index (χ2v) is 6.32. The number of hydrogen-bond donors (Lipinski definition) is 0. The van der Waals surface area contributed by atoms with Gasteiger partial charge in [0, 0.05) is 5.56 Å². The van der Waals surface area contributed by atoms with Gasteiger partial charge in [-0.15, -0.1) is 0 Å². The van der Waals surface area contributed by atoms with Crippen molar-refractivity contribution in [3.05, 3.63) is 65.2 Å². The Kier molecular flexibility index (Phi) is 4.12. The predicted molar refractivity (Wildman–Crippen MR) is 77.1 cm³/mol. The van der Waals surface area contributed by atoms with Crippen molar-refractivity contribution >= 4 is 21.8 Å². The molecule has 0 aromatic heterocycles. The fourth-order valence-electron chi connectivity index (χ4n) is 1.91. The van der Waals surface area contributed by atoms with E-state index in [9.17, 15) is 13.2 Å². The fraction of sp³-hybridized carbons (Fsp3) is 0.0667. The number of aryl methyl sites for hydroxylation is 1. The molecule has 5 nitrogen and oxygen atoms in total. The summed E-state index contributed by atoms with van der Waals surface area (Å²) < 4.78 is 25.0. The molecule has 0 heterocycles. The molecule has 0 radical (unpaired) electrons. The van der Waals surface area contributed by atoms with Crippen molar-refractivity contribution in [1.82, 2.24) is 0 Å². The van der Waals surface area contributed by atoms with Gasteiger partial charge in [0.05, 0.1) is 9.79 Å². The summed E-state index contributed by atoms with van der Waals surface area (Å²) in [6.07, 6.45) is 0.755. The van der Waals surface area contributed by atoms with E-state index in [1.807, 2.05) is 0 Å². The van der Waals surface area contributed by atoms with E-state index in [-0.39, 0.29) is 15.4 Å². The van der Waals surface area contributed by atoms with Gasteiger partial charge in [0.15, 0.2) is 0 Å². The first-order valence-corrected chi connectivity index (χ1v) is 7.57. The lowest BCUT2D eigenvalue weighted by atomic mass is 10.1. The summed E-state index contributed by atoms with van der Waals surface area (Å²) in [4.78, 5) is 14.5. The van der Waals surface area contributed by atoms with Crippen LogP contribution in [0.5, 0.6) is 0 Å². The van der Waals surface area contributed by atoms with Gasteiger partial charge in [-0.1, -0.05) is 18.2 Å². The van der Waals surface area contributed by atoms with Crippen molar-refractivity contribution in [2.75, 3.05) is 0 Å². The molecule has 0 amide bonds. The van der Waals surface area contributed by atoms with E-state index in [1.54, 1.807) is 31.2 Å². The van der Waals surface area contributed by atoms with Crippen LogP contribution in [0.25, 0.3) is 5.53 Å². The Hall–Kier alpha value is -2.56. The highest BCUT2D eigenvalue weighted by Crippen LogP contribution is 2.23. The third-order valence-corrected chi connectivity index (χ3v) is 4.94. The summed E-state index contributed by atoms with van der Waals surface area (Å²) in [6, 6.07) is 12.2. The van der Waals surface area contributed by atoms with Crippen molar-refractivity contribution in [1.29, 1.82) is 0 Å². The largest absolute Gasteiger partial charge is 0.361 e. The van der Waals surface area contributed by atoms with Crippen molar-refractivity contribution in [2.24, 2.45) is 0 Å². The van der Waals surface area contributed by atoms with Crippen LogP contribution < -0.4 is 0 Å². The second-order valence-electron chi connectivity index (χ2n) is 4.40. The highest BCUT2D eigenvalue weighted by Gasteiger charge is 2.19. The molecule has 2 rings (SSSR count). The number of sulfone groups is 1. The summed E-state index contributed by atoms with van der Waals surface area (Å²) in [6.45, 7) is 1.72. The lowest BCUT2D eigenvalue weighted by Crippen LogP contribution is -2.05. The normalized spacial score (nSPS) is 10.7. The number of carbonyl (C=O) groups is 1. The lowest BCUT2D eigenvalue weighted by Gasteiger charge is -2.07. The van der Waals surface area contributed by atoms with E-state index in [0.29, 0.717) is 5.56 Å². The summed E-state index contributed by atoms with van der Waals surface area (Å²) in [5.74, 6) is -0.502. The number of ketones is 1. The maximum absolute atomic E-state index is 12.5. The van der Waals surface area contributed by atoms with Crippen molar-refractivity contribution in [3.8, 4) is 0 Å². The summed E-state index contributed by atoms with van der Waals surface area (Å²) in [7, 11) is -3.62. The first kappa shape index (κ1) is 14.8. The van der Waals surface area contributed by atoms with Gasteiger partial charge >= 0.3 is 6.21 Å². The van der Waals surface area contributed by atoms with Gasteiger partial charge in [0.1, 0.15) is 0 Å². The zero-order valence-electron chi connectivity index (χ0n) is 11.2. The van der Waals surface area contributed by atoms with E-state index in [1.165, 1.54) is 24.3 Å². The summed E-state index contributed by atoms with van der Waals surface area (Å²) >= 11 is 0. The molecule has 21 heavy (non-hydrogen) atoms. The molecule has 0 aliphatic rings. The third-order valence-electron chi connectivity index (χ3n) is 3.01. The zero-order chi connectivity index (χ0) is 15.5. The number of benzene rings is 2. The Bertz CT molecular complexity index is 833. The van der Waals surface area contributed by atoms with Crippen LogP contribution in [0.15, 0.2) is 58.3 Å². The Morgan fingerprint density at radius 2 is 1.71 bits per heavy atom. The summed E-state index contributed by atoms with van der Waals surface area (Å²) in [5, 5.41) is 0. The van der Waals surface area contributed by atoms with Crippen molar-refractivity contribution in [3.63, 3.8) is 0 Å². The second kappa shape index (κ2) is 5.83. The minimum absolute atomic E-state index is 0.106. The molecule has 0 spiro atoms. The average molecular weight is 300 g/mol. The molecule has 2 aromatic rings. The Morgan fingerprint density at radius 3 is 2.29 bits per heavy atom. The Labute approximate surface area is 122 Å². The Balaban J connectivity index is 2.45. The van der Waals surface area contributed by atoms with Crippen LogP contribution >= 0.6 is 0 Å². The molecule has 0 aliphatic heterocycles. The van der Waals surface area contributed by atoms with Gasteiger partial charge in [-0.05, 0) is 42.8 Å². The maximum Gasteiger partial charge on any atom is 0.328 e. The number of Topliss-reactive ketones (excluding diaryl/α,β-unsaturated/α-hetero) is 1. The van der Waals surface area contributed by atoms with Crippen LogP contribution in [-0.4, -0.2) is 25.2 Å². The van der Waals surface area contributed by atoms with Crippen LogP contribution in [0, 0.1) is 6.92 Å². The highest BCUT2D eigenvalue weighted by atomic mass is 32.2. The van der Waals surface area contributed by atoms with Gasteiger partial charge in [0.25, 0.3) is 5.78 Å². The van der Waals surface area contributed by atoms with Gasteiger partial charge in [-0.25, -0.2) is 8.42 Å². The highest BCUT2D eigenvalue weighted by molar-refractivity contribution is 7.91. The van der Waals surface area contributed by atoms with E-state index >= 15 is 0 Å². The number of nitrogens with zero attached hydrogens (tertiary/aromatic N) is 2. The van der Waals surface area contributed by atoms with E-state index in [2.05, 4.69) is 4.79 Å². The topological polar surface area (TPSA) is 87.6 Å². The average Bonchev–Trinajstić information content (AvgIpc) is 2.48. The smallest absolute Gasteiger partial charge is 0.328 e. The van der Waals surface area contributed by atoms with E-state index in [0.717, 1.165) is 6.21 Å². The van der Waals surface area contributed by atoms with E-state index in [4.69, 9.17) is 5.53 Å². The van der Waals surface area contributed by atoms with Crippen molar-refractivity contribution < 1.29 is 18.0 Å². The van der Waals surface area contributed by atoms with Crippen LogP contribution in [0.4, 0.5) is 0 Å². The number of carbonyl (C=O) groups excluding carboxylic acids is 1. The molecule has 6 heteroatoms. The standard InChI is InChI=1S/C15H12N2O3S/c1-11-4-2-3-5-15(11)21(19,20)13-8-6-12(7-9-13)14(18)10-17-16/h2-10H,1H3. The molecule has 0 bridgehead atoms. The van der Waals surface area contributed by atoms with Crippen molar-refractivity contribution in [2.45, 2.75) is 16.7 Å². The Morgan fingerprint density at radius 1 is 1.10 bits per heavy atom. The lowest BCUT2D eigenvalue weighted by molar-refractivity contribution is 0.00235. The van der Waals surface area contributed by atoms with Gasteiger partial charge in [-0.3, -0.25) is 4.79 Å². The van der Waals surface area contributed by atoms with Crippen LogP contribution in [0.2, 0.25) is 0 Å². The molecule has 0 N–H and O–H groups in total. The fourth-order valence-corrected chi connectivity index (χ4v) is 3.41. The molecular formula is C15H12N2O3S. The molecule has 0 saturated heterocycles. The summed E-state index contributed by atoms with van der Waals surface area (Å²) in [5.41, 5.74) is 9.22. The number of rotatable bonds is 4. The van der Waals surface area contributed by atoms with E-state index < -0.39 is 15.6 Å². The zero-order valence-corrected chi connectivity index (χ0v) is 12.0. The first-order valence-electron chi connectivity index (χ1n) is 6.09. The quantitative estimate of drug-likeness (QED) is 0.375. The van der Waals surface area contributed by atoms with Gasteiger partial charge in [-0.2, -0.15) is 4.79 Å². The molecular weight excluding hydrogens is 288 g/mol. The maximum atomic E-state index is 12.5. The molecule has 0 fully saturated rings. The van der Waals surface area contributed by atoms with Crippen LogP contribution in [0.1, 0.15) is 15.9 Å². The molecule has 0 atom stereocenters. The van der Waals surface area contributed by atoms with Crippen LogP contribution in [0.3, 0.4) is 0 Å². The molecule has 0 unspecified atom stereocenters. The first-order chi connectivity index (χ1) is 9.96. The molecule has 0 saturated carbocycles. The number of hydrogen-bond acceptors (Lipinski definition) is 3. The van der Waals surface area contributed by atoms with Gasteiger partial charge in [0.2, 0.25) is 9.84 Å². The minimum Gasteiger partial charge on any atom is -0.361 e.